The van der Waals surface area contributed by atoms with E-state index in [1.165, 1.54) is 27.4 Å². The SMILES string of the molecule is COc1cc(OC)c(OC)c(C(N)CC(=O)O)c1F. The molecule has 106 valence electrons. The number of benzene rings is 1. The first-order chi connectivity index (χ1) is 8.96. The minimum absolute atomic E-state index is 0.0644. The van der Waals surface area contributed by atoms with Crippen LogP contribution in [-0.4, -0.2) is 32.4 Å². The number of ether oxygens (including phenoxy) is 3. The van der Waals surface area contributed by atoms with Crippen LogP contribution in [0.5, 0.6) is 17.2 Å². The lowest BCUT2D eigenvalue weighted by Gasteiger charge is -2.19. The molecule has 1 aromatic carbocycles. The third-order valence-corrected chi connectivity index (χ3v) is 2.59. The molecule has 0 aromatic heterocycles. The second-order valence-electron chi connectivity index (χ2n) is 3.75. The summed E-state index contributed by atoms with van der Waals surface area (Å²) in [5, 5.41) is 8.75. The van der Waals surface area contributed by atoms with Gasteiger partial charge in [-0.25, -0.2) is 4.39 Å². The number of methoxy groups -OCH3 is 3. The molecule has 1 aromatic rings. The Kier molecular flexibility index (Phi) is 4.94. The Morgan fingerprint density at radius 1 is 1.32 bits per heavy atom. The van der Waals surface area contributed by atoms with Crippen molar-refractivity contribution in [3.8, 4) is 17.2 Å². The molecule has 1 unspecified atom stereocenters. The van der Waals surface area contributed by atoms with E-state index in [1.54, 1.807) is 0 Å². The number of nitrogens with two attached hydrogens (primary N) is 1. The standard InChI is InChI=1S/C12H16FNO5/c1-17-7-5-8(18-2)12(19-3)10(11(7)13)6(14)4-9(15)16/h5-6H,4,14H2,1-3H3,(H,15,16). The molecule has 3 N–H and O–H groups in total. The summed E-state index contributed by atoms with van der Waals surface area (Å²) >= 11 is 0. The van der Waals surface area contributed by atoms with Gasteiger partial charge in [0.25, 0.3) is 0 Å². The van der Waals surface area contributed by atoms with Crippen molar-refractivity contribution in [3.63, 3.8) is 0 Å². The van der Waals surface area contributed by atoms with Crippen LogP contribution < -0.4 is 19.9 Å². The van der Waals surface area contributed by atoms with Crippen LogP contribution in [0.15, 0.2) is 6.07 Å². The molecule has 0 saturated heterocycles. The summed E-state index contributed by atoms with van der Waals surface area (Å²) in [6.45, 7) is 0. The molecule has 0 spiro atoms. The summed E-state index contributed by atoms with van der Waals surface area (Å²) < 4.78 is 29.2. The fourth-order valence-electron chi connectivity index (χ4n) is 1.75. The highest BCUT2D eigenvalue weighted by atomic mass is 19.1. The highest BCUT2D eigenvalue weighted by Gasteiger charge is 2.26. The number of carboxylic acids is 1. The molecule has 0 amide bonds. The third kappa shape index (κ3) is 3.05. The minimum atomic E-state index is -1.14. The van der Waals surface area contributed by atoms with E-state index in [0.717, 1.165) is 0 Å². The predicted molar refractivity (Wildman–Crippen MR) is 65.2 cm³/mol. The molecular formula is C12H16FNO5. The molecule has 0 fully saturated rings. The topological polar surface area (TPSA) is 91.0 Å². The molecule has 6 nitrogen and oxygen atoms in total. The van der Waals surface area contributed by atoms with E-state index in [4.69, 9.17) is 25.1 Å². The lowest BCUT2D eigenvalue weighted by Crippen LogP contribution is -2.18. The third-order valence-electron chi connectivity index (χ3n) is 2.59. The molecule has 0 aliphatic heterocycles. The zero-order valence-electron chi connectivity index (χ0n) is 10.9. The van der Waals surface area contributed by atoms with Gasteiger partial charge in [0.05, 0.1) is 33.3 Å². The van der Waals surface area contributed by atoms with Gasteiger partial charge in [0.1, 0.15) is 0 Å². The van der Waals surface area contributed by atoms with Crippen LogP contribution in [-0.2, 0) is 4.79 Å². The first-order valence-electron chi connectivity index (χ1n) is 5.41. The Morgan fingerprint density at radius 2 is 1.89 bits per heavy atom. The van der Waals surface area contributed by atoms with Gasteiger partial charge in [-0.3, -0.25) is 4.79 Å². The fourth-order valence-corrected chi connectivity index (χ4v) is 1.75. The Morgan fingerprint density at radius 3 is 2.32 bits per heavy atom. The number of halogens is 1. The Balaban J connectivity index is 3.43. The highest BCUT2D eigenvalue weighted by molar-refractivity contribution is 5.68. The average Bonchev–Trinajstić information content (AvgIpc) is 2.36. The van der Waals surface area contributed by atoms with Gasteiger partial charge in [-0.2, -0.15) is 0 Å². The number of hydrogen-bond donors (Lipinski definition) is 2. The molecule has 7 heteroatoms. The summed E-state index contributed by atoms with van der Waals surface area (Å²) in [7, 11) is 3.99. The smallest absolute Gasteiger partial charge is 0.305 e. The molecular weight excluding hydrogens is 257 g/mol. The van der Waals surface area contributed by atoms with Crippen molar-refractivity contribution in [2.45, 2.75) is 12.5 Å². The molecule has 19 heavy (non-hydrogen) atoms. The van der Waals surface area contributed by atoms with Crippen LogP contribution in [0, 0.1) is 5.82 Å². The molecule has 0 heterocycles. The lowest BCUT2D eigenvalue weighted by atomic mass is 10.0. The summed E-state index contributed by atoms with van der Waals surface area (Å²) in [6.07, 6.45) is -0.441. The van der Waals surface area contributed by atoms with Crippen molar-refractivity contribution in [2.75, 3.05) is 21.3 Å². The molecule has 0 aliphatic rings. The molecule has 1 atom stereocenters. The van der Waals surface area contributed by atoms with Crippen molar-refractivity contribution >= 4 is 5.97 Å². The zero-order chi connectivity index (χ0) is 14.6. The number of hydrogen-bond acceptors (Lipinski definition) is 5. The zero-order valence-corrected chi connectivity index (χ0v) is 10.9. The van der Waals surface area contributed by atoms with E-state index in [9.17, 15) is 9.18 Å². The predicted octanol–water partition coefficient (Wildman–Crippen LogP) is 1.33. The molecule has 1 rings (SSSR count). The quantitative estimate of drug-likeness (QED) is 0.812. The van der Waals surface area contributed by atoms with Gasteiger partial charge in [0, 0.05) is 12.1 Å². The van der Waals surface area contributed by atoms with E-state index in [-0.39, 0.29) is 22.8 Å². The highest BCUT2D eigenvalue weighted by Crippen LogP contribution is 2.41. The molecule has 0 saturated carbocycles. The van der Waals surface area contributed by atoms with E-state index in [1.807, 2.05) is 0 Å². The van der Waals surface area contributed by atoms with Gasteiger partial charge in [0.15, 0.2) is 23.1 Å². The van der Waals surface area contributed by atoms with Crippen LogP contribution in [0.3, 0.4) is 0 Å². The minimum Gasteiger partial charge on any atom is -0.494 e. The van der Waals surface area contributed by atoms with Crippen LogP contribution in [0.1, 0.15) is 18.0 Å². The van der Waals surface area contributed by atoms with Crippen molar-refractivity contribution in [1.29, 1.82) is 0 Å². The van der Waals surface area contributed by atoms with Gasteiger partial charge in [-0.05, 0) is 0 Å². The monoisotopic (exact) mass is 273 g/mol. The second kappa shape index (κ2) is 6.24. The van der Waals surface area contributed by atoms with E-state index in [0.29, 0.717) is 0 Å². The fraction of sp³-hybridized carbons (Fsp3) is 0.417. The van der Waals surface area contributed by atoms with Gasteiger partial charge < -0.3 is 25.1 Å². The lowest BCUT2D eigenvalue weighted by molar-refractivity contribution is -0.137. The van der Waals surface area contributed by atoms with Gasteiger partial charge in [0.2, 0.25) is 0 Å². The van der Waals surface area contributed by atoms with Gasteiger partial charge in [-0.15, -0.1) is 0 Å². The molecule has 0 bridgehead atoms. The number of aliphatic carboxylic acids is 1. The normalized spacial score (nSPS) is 11.8. The molecule has 0 radical (unpaired) electrons. The van der Waals surface area contributed by atoms with E-state index < -0.39 is 24.2 Å². The van der Waals surface area contributed by atoms with E-state index >= 15 is 0 Å². The van der Waals surface area contributed by atoms with Gasteiger partial charge >= 0.3 is 5.97 Å². The summed E-state index contributed by atoms with van der Waals surface area (Å²) in [4.78, 5) is 10.7. The largest absolute Gasteiger partial charge is 0.494 e. The average molecular weight is 273 g/mol. The van der Waals surface area contributed by atoms with Gasteiger partial charge in [-0.1, -0.05) is 0 Å². The van der Waals surface area contributed by atoms with Crippen molar-refractivity contribution < 1.29 is 28.5 Å². The Bertz CT molecular complexity index is 478. The second-order valence-corrected chi connectivity index (χ2v) is 3.75. The van der Waals surface area contributed by atoms with Crippen LogP contribution >= 0.6 is 0 Å². The van der Waals surface area contributed by atoms with E-state index in [2.05, 4.69) is 0 Å². The maximum atomic E-state index is 14.2. The number of rotatable bonds is 6. The summed E-state index contributed by atoms with van der Waals surface area (Å²) in [5.74, 6) is -1.70. The number of carbonyl (C=O) groups is 1. The van der Waals surface area contributed by atoms with Crippen LogP contribution in [0.2, 0.25) is 0 Å². The first kappa shape index (κ1) is 15.0. The van der Waals surface area contributed by atoms with Crippen molar-refractivity contribution in [2.24, 2.45) is 5.73 Å². The first-order valence-corrected chi connectivity index (χ1v) is 5.41. The summed E-state index contributed by atoms with van der Waals surface area (Å²) in [6, 6.07) is 0.238. The van der Waals surface area contributed by atoms with Crippen LogP contribution in [0.25, 0.3) is 0 Å². The van der Waals surface area contributed by atoms with Crippen molar-refractivity contribution in [3.05, 3.63) is 17.4 Å². The summed E-state index contributed by atoms with van der Waals surface area (Å²) in [5.41, 5.74) is 5.63. The van der Waals surface area contributed by atoms with Crippen molar-refractivity contribution in [1.82, 2.24) is 0 Å². The molecule has 0 aliphatic carbocycles. The maximum Gasteiger partial charge on any atom is 0.305 e. The Hall–Kier alpha value is -2.02. The maximum absolute atomic E-state index is 14.2. The Labute approximate surface area is 109 Å². The van der Waals surface area contributed by atoms with Crippen LogP contribution in [0.4, 0.5) is 4.39 Å². The number of carboxylic acid groups (broad SMARTS) is 1.